The highest BCUT2D eigenvalue weighted by atomic mass is 16.5. The third kappa shape index (κ3) is 0.703. The third-order valence-electron chi connectivity index (χ3n) is 0.854. The van der Waals surface area contributed by atoms with Gasteiger partial charge in [0.25, 0.3) is 6.33 Å². The number of imidazole rings is 1. The first-order chi connectivity index (χ1) is 3.83. The molecule has 0 bridgehead atoms. The summed E-state index contributed by atoms with van der Waals surface area (Å²) in [6.45, 7) is 3.48. The quantitative estimate of drug-likeness (QED) is 0.404. The monoisotopic (exact) mass is 111 g/mol. The Labute approximate surface area is 47.1 Å². The molecule has 0 atom stereocenters. The molecule has 1 heterocycles. The second-order valence-electron chi connectivity index (χ2n) is 1.42. The van der Waals surface area contributed by atoms with Crippen molar-refractivity contribution in [2.75, 3.05) is 0 Å². The molecule has 0 aliphatic carbocycles. The van der Waals surface area contributed by atoms with Crippen LogP contribution in [0.3, 0.4) is 0 Å². The van der Waals surface area contributed by atoms with Gasteiger partial charge < -0.3 is 5.21 Å². The molecule has 3 nitrogen and oxygen atoms in total. The first-order valence-electron chi connectivity index (χ1n) is 2.23. The van der Waals surface area contributed by atoms with E-state index in [2.05, 4.69) is 6.58 Å². The molecule has 0 amide bonds. The van der Waals surface area contributed by atoms with E-state index in [-0.39, 0.29) is 0 Å². The van der Waals surface area contributed by atoms with Gasteiger partial charge in [-0.1, -0.05) is 11.3 Å². The molecule has 1 aromatic rings. The highest BCUT2D eigenvalue weighted by Crippen LogP contribution is 1.73. The van der Waals surface area contributed by atoms with Crippen molar-refractivity contribution in [2.24, 2.45) is 0 Å². The van der Waals surface area contributed by atoms with Crippen LogP contribution in [-0.4, -0.2) is 9.94 Å². The van der Waals surface area contributed by atoms with Gasteiger partial charge in [0, 0.05) is 0 Å². The average molecular weight is 111 g/mol. The lowest BCUT2D eigenvalue weighted by molar-refractivity contribution is -0.568. The fourth-order valence-corrected chi connectivity index (χ4v) is 0.467. The maximum absolute atomic E-state index is 8.63. The van der Waals surface area contributed by atoms with Gasteiger partial charge in [-0.05, 0) is 0 Å². The van der Waals surface area contributed by atoms with Gasteiger partial charge in [-0.3, -0.25) is 0 Å². The Morgan fingerprint density at radius 2 is 2.50 bits per heavy atom. The Bertz CT molecular complexity index is 192. The number of hydrogen-bond acceptors (Lipinski definition) is 1. The van der Waals surface area contributed by atoms with Crippen molar-refractivity contribution in [2.45, 2.75) is 0 Å². The van der Waals surface area contributed by atoms with Crippen molar-refractivity contribution in [3.05, 3.63) is 25.3 Å². The normalized spacial score (nSPS) is 9.00. The van der Waals surface area contributed by atoms with Crippen LogP contribution in [-0.2, 0) is 0 Å². The summed E-state index contributed by atoms with van der Waals surface area (Å²) in [5, 5.41) is 8.63. The van der Waals surface area contributed by atoms with Crippen LogP contribution in [0.1, 0.15) is 0 Å². The lowest BCUT2D eigenvalue weighted by atomic mass is 10.9. The molecule has 1 N–H and O–H groups in total. The predicted octanol–water partition coefficient (Wildman–Crippen LogP) is 0.113. The summed E-state index contributed by atoms with van der Waals surface area (Å²) < 4.78 is 2.60. The van der Waals surface area contributed by atoms with Crippen LogP contribution in [0.25, 0.3) is 6.20 Å². The molecule has 0 radical (unpaired) electrons. The highest BCUT2D eigenvalue weighted by Gasteiger charge is 1.93. The van der Waals surface area contributed by atoms with Crippen molar-refractivity contribution in [3.63, 3.8) is 0 Å². The van der Waals surface area contributed by atoms with Crippen molar-refractivity contribution in [1.29, 1.82) is 0 Å². The Kier molecular flexibility index (Phi) is 1.04. The number of aromatic nitrogens is 2. The van der Waals surface area contributed by atoms with Gasteiger partial charge >= 0.3 is 0 Å². The molecule has 0 saturated heterocycles. The molecule has 0 aromatic carbocycles. The minimum absolute atomic E-state index is 0.960. The van der Waals surface area contributed by atoms with E-state index in [1.54, 1.807) is 17.0 Å². The lowest BCUT2D eigenvalue weighted by Crippen LogP contribution is -2.20. The maximum atomic E-state index is 8.63. The van der Waals surface area contributed by atoms with E-state index in [0.717, 1.165) is 4.73 Å². The Balaban J connectivity index is 3.00. The van der Waals surface area contributed by atoms with Gasteiger partial charge in [-0.25, -0.2) is 4.57 Å². The SMILES string of the molecule is C=C[n+]1ccn(O)c1. The summed E-state index contributed by atoms with van der Waals surface area (Å²) >= 11 is 0. The fraction of sp³-hybridized carbons (Fsp3) is 0. The largest absolute Gasteiger partial charge is 0.350 e. The first-order valence-corrected chi connectivity index (χ1v) is 2.23. The van der Waals surface area contributed by atoms with Crippen molar-refractivity contribution < 1.29 is 9.77 Å². The zero-order valence-electron chi connectivity index (χ0n) is 4.36. The molecule has 3 heteroatoms. The molecule has 0 saturated carbocycles. The summed E-state index contributed by atoms with van der Waals surface area (Å²) in [4.78, 5) is 0. The molecular weight excluding hydrogens is 104 g/mol. The van der Waals surface area contributed by atoms with E-state index in [1.165, 1.54) is 12.5 Å². The second-order valence-corrected chi connectivity index (χ2v) is 1.42. The van der Waals surface area contributed by atoms with Crippen LogP contribution in [0.2, 0.25) is 0 Å². The molecule has 42 valence electrons. The summed E-state index contributed by atoms with van der Waals surface area (Å²) in [5.74, 6) is 0. The molecule has 1 rings (SSSR count). The zero-order chi connectivity index (χ0) is 5.98. The van der Waals surface area contributed by atoms with Gasteiger partial charge in [0.15, 0.2) is 6.20 Å². The first kappa shape index (κ1) is 4.90. The van der Waals surface area contributed by atoms with E-state index in [0.29, 0.717) is 0 Å². The summed E-state index contributed by atoms with van der Waals surface area (Å²) in [6, 6.07) is 0. The van der Waals surface area contributed by atoms with Gasteiger partial charge in [-0.15, -0.1) is 0 Å². The van der Waals surface area contributed by atoms with E-state index in [9.17, 15) is 0 Å². The maximum Gasteiger partial charge on any atom is 0.288 e. The van der Waals surface area contributed by atoms with E-state index in [1.807, 2.05) is 0 Å². The van der Waals surface area contributed by atoms with Crippen LogP contribution in [0.15, 0.2) is 25.3 Å². The second kappa shape index (κ2) is 1.69. The van der Waals surface area contributed by atoms with Crippen molar-refractivity contribution >= 4 is 6.20 Å². The van der Waals surface area contributed by atoms with Crippen LogP contribution in [0, 0.1) is 0 Å². The average Bonchev–Trinajstić information content (AvgIpc) is 2.14. The Hall–Kier alpha value is -1.25. The van der Waals surface area contributed by atoms with E-state index < -0.39 is 0 Å². The van der Waals surface area contributed by atoms with Crippen LogP contribution >= 0.6 is 0 Å². The topological polar surface area (TPSA) is 29.0 Å². The minimum Gasteiger partial charge on any atom is -0.350 e. The van der Waals surface area contributed by atoms with Gasteiger partial charge in [0.05, 0.1) is 6.20 Å². The summed E-state index contributed by atoms with van der Waals surface area (Å²) in [7, 11) is 0. The molecule has 8 heavy (non-hydrogen) atoms. The van der Waals surface area contributed by atoms with Gasteiger partial charge in [0.1, 0.15) is 6.20 Å². The lowest BCUT2D eigenvalue weighted by Gasteiger charge is -1.73. The number of rotatable bonds is 1. The molecule has 0 aliphatic rings. The minimum atomic E-state index is 0.960. The molecule has 0 aliphatic heterocycles. The predicted molar refractivity (Wildman–Crippen MR) is 28.2 cm³/mol. The smallest absolute Gasteiger partial charge is 0.288 e. The summed E-state index contributed by atoms with van der Waals surface area (Å²) in [5.41, 5.74) is 0. The van der Waals surface area contributed by atoms with Crippen LogP contribution in [0.5, 0.6) is 0 Å². The Morgan fingerprint density at radius 1 is 1.75 bits per heavy atom. The standard InChI is InChI=1S/C5H7N2O/c1-2-6-3-4-7(8)5-6/h2-5,8H,1H2/q+1. The molecule has 0 fully saturated rings. The van der Waals surface area contributed by atoms with Gasteiger partial charge in [0.2, 0.25) is 0 Å². The molecule has 0 unspecified atom stereocenters. The van der Waals surface area contributed by atoms with Crippen LogP contribution < -0.4 is 4.57 Å². The molecule has 0 spiro atoms. The van der Waals surface area contributed by atoms with Crippen molar-refractivity contribution in [1.82, 2.24) is 4.73 Å². The summed E-state index contributed by atoms with van der Waals surface area (Å²) in [6.07, 6.45) is 6.29. The van der Waals surface area contributed by atoms with Gasteiger partial charge in [-0.2, -0.15) is 0 Å². The van der Waals surface area contributed by atoms with Crippen molar-refractivity contribution in [3.8, 4) is 0 Å². The van der Waals surface area contributed by atoms with E-state index in [4.69, 9.17) is 5.21 Å². The third-order valence-corrected chi connectivity index (χ3v) is 0.854. The zero-order valence-corrected chi connectivity index (χ0v) is 4.36. The molecule has 1 aromatic heterocycles. The van der Waals surface area contributed by atoms with Crippen LogP contribution in [0.4, 0.5) is 0 Å². The number of nitrogens with zero attached hydrogens (tertiary/aromatic N) is 2. The molecular formula is C5H7N2O+. The highest BCUT2D eigenvalue weighted by molar-refractivity contribution is 4.94. The fourth-order valence-electron chi connectivity index (χ4n) is 0.467. The number of hydrogen-bond donors (Lipinski definition) is 1. The van der Waals surface area contributed by atoms with E-state index >= 15 is 0 Å². The Morgan fingerprint density at radius 3 is 2.75 bits per heavy atom.